The summed E-state index contributed by atoms with van der Waals surface area (Å²) < 4.78 is 0. The van der Waals surface area contributed by atoms with Crippen molar-refractivity contribution in [2.24, 2.45) is 0 Å². The predicted molar refractivity (Wildman–Crippen MR) is 233 cm³/mol. The van der Waals surface area contributed by atoms with E-state index in [1.807, 2.05) is 0 Å². The summed E-state index contributed by atoms with van der Waals surface area (Å²) in [6.45, 7) is 9.46. The van der Waals surface area contributed by atoms with Gasteiger partial charge in [0.2, 0.25) is 0 Å². The summed E-state index contributed by atoms with van der Waals surface area (Å²) in [6, 6.07) is 69.4. The van der Waals surface area contributed by atoms with Crippen LogP contribution in [0.2, 0.25) is 0 Å². The number of hydrogen-bond acceptors (Lipinski definition) is 1. The fourth-order valence-electron chi connectivity index (χ4n) is 9.52. The summed E-state index contributed by atoms with van der Waals surface area (Å²) in [7, 11) is 0. The number of hydrogen-bond donors (Lipinski definition) is 0. The molecule has 0 aliphatic heterocycles. The Morgan fingerprint density at radius 1 is 0.309 bits per heavy atom. The molecule has 0 radical (unpaired) electrons. The van der Waals surface area contributed by atoms with Crippen LogP contribution in [0.4, 0.5) is 17.1 Å². The Bertz CT molecular complexity index is 2730. The zero-order chi connectivity index (χ0) is 37.3. The first kappa shape index (κ1) is 33.2. The Labute approximate surface area is 325 Å². The maximum atomic E-state index is 2.46. The Kier molecular flexibility index (Phi) is 7.58. The minimum absolute atomic E-state index is 0.0863. The first-order valence-corrected chi connectivity index (χ1v) is 19.4. The number of benzene rings is 8. The van der Waals surface area contributed by atoms with Crippen LogP contribution >= 0.6 is 0 Å². The molecule has 0 aromatic heterocycles. The molecular formula is C54H43N. The Balaban J connectivity index is 1.11. The molecule has 0 saturated carbocycles. The van der Waals surface area contributed by atoms with Gasteiger partial charge in [0, 0.05) is 27.8 Å². The lowest BCUT2D eigenvalue weighted by molar-refractivity contribution is 0.660. The fourth-order valence-corrected chi connectivity index (χ4v) is 9.52. The SMILES string of the molecule is CC1(C)c2ccccc2-c2ccc(N(c3ccc(-c4cccc5c4C(C)(C)c4ccccc4-5)cc3)c3ccccc3-c3ccc(-c4ccccc4)cc3)cc21. The van der Waals surface area contributed by atoms with Gasteiger partial charge in [-0.3, -0.25) is 0 Å². The van der Waals surface area contributed by atoms with Crippen LogP contribution in [0.3, 0.4) is 0 Å². The molecule has 1 nitrogen and oxygen atoms in total. The average Bonchev–Trinajstić information content (AvgIpc) is 3.61. The van der Waals surface area contributed by atoms with Crippen LogP contribution in [-0.4, -0.2) is 0 Å². The van der Waals surface area contributed by atoms with E-state index in [0.717, 1.165) is 17.1 Å². The molecule has 2 aliphatic rings. The molecule has 0 unspecified atom stereocenters. The topological polar surface area (TPSA) is 3.24 Å². The van der Waals surface area contributed by atoms with Gasteiger partial charge in [-0.05, 0) is 103 Å². The van der Waals surface area contributed by atoms with Gasteiger partial charge in [0.05, 0.1) is 5.69 Å². The molecule has 0 N–H and O–H groups in total. The first-order valence-electron chi connectivity index (χ1n) is 19.4. The molecule has 264 valence electrons. The fraction of sp³-hybridized carbons (Fsp3) is 0.111. The number of rotatable bonds is 6. The highest BCUT2D eigenvalue weighted by atomic mass is 15.1. The minimum atomic E-state index is -0.109. The van der Waals surface area contributed by atoms with Gasteiger partial charge >= 0.3 is 0 Å². The van der Waals surface area contributed by atoms with Gasteiger partial charge in [0.15, 0.2) is 0 Å². The molecule has 2 aliphatic carbocycles. The highest BCUT2D eigenvalue weighted by Gasteiger charge is 2.38. The standard InChI is InChI=1S/C54H43N/c1-53(2)48-22-11-8-18-44(48)46-34-33-41(35-50(46)53)55(51-24-13-10-17-42(51)38-27-25-37(26-28-38)36-15-6-5-7-16-36)40-31-29-39(30-32-40)43-20-14-21-47-45-19-9-12-23-49(45)54(3,4)52(43)47/h5-35H,1-4H3. The van der Waals surface area contributed by atoms with Crippen LogP contribution in [0.25, 0.3) is 55.6 Å². The van der Waals surface area contributed by atoms with Gasteiger partial charge in [-0.2, -0.15) is 0 Å². The monoisotopic (exact) mass is 705 g/mol. The lowest BCUT2D eigenvalue weighted by Gasteiger charge is -2.30. The molecule has 10 rings (SSSR count). The zero-order valence-electron chi connectivity index (χ0n) is 31.8. The third kappa shape index (κ3) is 5.22. The van der Waals surface area contributed by atoms with E-state index in [9.17, 15) is 0 Å². The lowest BCUT2D eigenvalue weighted by atomic mass is 9.79. The summed E-state index contributed by atoms with van der Waals surface area (Å²) in [5.74, 6) is 0. The molecule has 8 aromatic carbocycles. The van der Waals surface area contributed by atoms with Gasteiger partial charge in [-0.1, -0.05) is 185 Å². The molecule has 8 aromatic rings. The molecule has 0 saturated heterocycles. The van der Waals surface area contributed by atoms with E-state index in [4.69, 9.17) is 0 Å². The predicted octanol–water partition coefficient (Wildman–Crippen LogP) is 14.8. The van der Waals surface area contributed by atoms with Crippen molar-refractivity contribution in [2.75, 3.05) is 4.90 Å². The van der Waals surface area contributed by atoms with Crippen molar-refractivity contribution in [3.05, 3.63) is 210 Å². The molecule has 0 spiro atoms. The second-order valence-electron chi connectivity index (χ2n) is 16.1. The van der Waals surface area contributed by atoms with Gasteiger partial charge in [0.25, 0.3) is 0 Å². The number of para-hydroxylation sites is 1. The molecule has 0 atom stereocenters. The van der Waals surface area contributed by atoms with Crippen molar-refractivity contribution >= 4 is 17.1 Å². The van der Waals surface area contributed by atoms with Gasteiger partial charge in [0.1, 0.15) is 0 Å². The third-order valence-electron chi connectivity index (χ3n) is 12.3. The van der Waals surface area contributed by atoms with Crippen molar-refractivity contribution < 1.29 is 0 Å². The summed E-state index contributed by atoms with van der Waals surface area (Å²) in [4.78, 5) is 2.46. The zero-order valence-corrected chi connectivity index (χ0v) is 31.8. The van der Waals surface area contributed by atoms with E-state index in [2.05, 4.69) is 221 Å². The average molecular weight is 706 g/mol. The van der Waals surface area contributed by atoms with Crippen LogP contribution in [0.5, 0.6) is 0 Å². The maximum absolute atomic E-state index is 2.46. The van der Waals surface area contributed by atoms with E-state index >= 15 is 0 Å². The van der Waals surface area contributed by atoms with Crippen LogP contribution in [-0.2, 0) is 10.8 Å². The molecule has 1 heteroatoms. The Hall–Kier alpha value is -6.44. The van der Waals surface area contributed by atoms with E-state index in [0.29, 0.717) is 0 Å². The van der Waals surface area contributed by atoms with Crippen molar-refractivity contribution in [3.8, 4) is 55.6 Å². The largest absolute Gasteiger partial charge is 0.310 e. The summed E-state index contributed by atoms with van der Waals surface area (Å²) >= 11 is 0. The van der Waals surface area contributed by atoms with Crippen LogP contribution < -0.4 is 4.90 Å². The van der Waals surface area contributed by atoms with Crippen molar-refractivity contribution in [2.45, 2.75) is 38.5 Å². The highest BCUT2D eigenvalue weighted by molar-refractivity contribution is 5.92. The normalized spacial score (nSPS) is 14.1. The molecular weight excluding hydrogens is 663 g/mol. The van der Waals surface area contributed by atoms with Gasteiger partial charge < -0.3 is 4.90 Å². The summed E-state index contributed by atoms with van der Waals surface area (Å²) in [6.07, 6.45) is 0. The smallest absolute Gasteiger partial charge is 0.0540 e. The van der Waals surface area contributed by atoms with E-state index < -0.39 is 0 Å². The summed E-state index contributed by atoms with van der Waals surface area (Å²) in [5, 5.41) is 0. The molecule has 0 fully saturated rings. The second kappa shape index (κ2) is 12.6. The Morgan fingerprint density at radius 3 is 1.51 bits per heavy atom. The second-order valence-corrected chi connectivity index (χ2v) is 16.1. The van der Waals surface area contributed by atoms with Gasteiger partial charge in [-0.15, -0.1) is 0 Å². The number of anilines is 3. The Morgan fingerprint density at radius 2 is 0.782 bits per heavy atom. The lowest BCUT2D eigenvalue weighted by Crippen LogP contribution is -2.17. The van der Waals surface area contributed by atoms with Crippen LogP contribution in [0, 0.1) is 0 Å². The van der Waals surface area contributed by atoms with Crippen LogP contribution in [0.15, 0.2) is 188 Å². The molecule has 0 heterocycles. The van der Waals surface area contributed by atoms with Crippen molar-refractivity contribution in [3.63, 3.8) is 0 Å². The third-order valence-corrected chi connectivity index (χ3v) is 12.3. The quantitative estimate of drug-likeness (QED) is 0.166. The van der Waals surface area contributed by atoms with E-state index in [-0.39, 0.29) is 10.8 Å². The summed E-state index contributed by atoms with van der Waals surface area (Å²) in [5.41, 5.74) is 21.5. The first-order chi connectivity index (χ1) is 26.8. The van der Waals surface area contributed by atoms with Crippen LogP contribution in [0.1, 0.15) is 49.9 Å². The van der Waals surface area contributed by atoms with Gasteiger partial charge in [-0.25, -0.2) is 0 Å². The van der Waals surface area contributed by atoms with Crippen molar-refractivity contribution in [1.82, 2.24) is 0 Å². The van der Waals surface area contributed by atoms with Crippen molar-refractivity contribution in [1.29, 1.82) is 0 Å². The highest BCUT2D eigenvalue weighted by Crippen LogP contribution is 2.53. The maximum Gasteiger partial charge on any atom is 0.0540 e. The molecule has 55 heavy (non-hydrogen) atoms. The minimum Gasteiger partial charge on any atom is -0.310 e. The van der Waals surface area contributed by atoms with E-state index in [1.54, 1.807) is 0 Å². The molecule has 0 amide bonds. The number of nitrogens with zero attached hydrogens (tertiary/aromatic N) is 1. The number of fused-ring (bicyclic) bond motifs is 6. The molecule has 0 bridgehead atoms. The van der Waals surface area contributed by atoms with E-state index in [1.165, 1.54) is 77.9 Å².